The van der Waals surface area contributed by atoms with Gasteiger partial charge in [0.1, 0.15) is 0 Å². The van der Waals surface area contributed by atoms with E-state index in [1.165, 1.54) is 0 Å². The van der Waals surface area contributed by atoms with Crippen LogP contribution in [0.3, 0.4) is 0 Å². The lowest BCUT2D eigenvalue weighted by Gasteiger charge is -2.29. The van der Waals surface area contributed by atoms with E-state index in [1.807, 2.05) is 18.2 Å². The summed E-state index contributed by atoms with van der Waals surface area (Å²) in [7, 11) is 0. The standard InChI is InChI=1S/C11H13N3O2/c12-11-10-8(14-4-6-15-7-5-14)2-1-3-9(10)16-13-11/h1-3H,4-7H2,(H2,12,13). The van der Waals surface area contributed by atoms with Crippen LogP contribution in [-0.4, -0.2) is 31.5 Å². The third-order valence-electron chi connectivity index (χ3n) is 2.85. The lowest BCUT2D eigenvalue weighted by atomic mass is 10.2. The molecule has 0 unspecified atom stereocenters. The summed E-state index contributed by atoms with van der Waals surface area (Å²) in [5.41, 5.74) is 7.64. The Morgan fingerprint density at radius 3 is 2.88 bits per heavy atom. The number of hydrogen-bond acceptors (Lipinski definition) is 5. The van der Waals surface area contributed by atoms with Gasteiger partial charge in [-0.25, -0.2) is 0 Å². The molecule has 1 fully saturated rings. The van der Waals surface area contributed by atoms with Crippen LogP contribution in [0.5, 0.6) is 0 Å². The van der Waals surface area contributed by atoms with E-state index < -0.39 is 0 Å². The summed E-state index contributed by atoms with van der Waals surface area (Å²) >= 11 is 0. The van der Waals surface area contributed by atoms with Crippen LogP contribution >= 0.6 is 0 Å². The minimum atomic E-state index is 0.456. The molecule has 1 aliphatic heterocycles. The van der Waals surface area contributed by atoms with Gasteiger partial charge in [-0.05, 0) is 12.1 Å². The summed E-state index contributed by atoms with van der Waals surface area (Å²) in [6.45, 7) is 3.26. The molecular weight excluding hydrogens is 206 g/mol. The van der Waals surface area contributed by atoms with Crippen molar-refractivity contribution < 1.29 is 9.26 Å². The molecule has 1 saturated heterocycles. The fraction of sp³-hybridized carbons (Fsp3) is 0.364. The minimum absolute atomic E-state index is 0.456. The molecule has 5 heteroatoms. The molecule has 5 nitrogen and oxygen atoms in total. The van der Waals surface area contributed by atoms with E-state index in [0.29, 0.717) is 5.82 Å². The summed E-state index contributed by atoms with van der Waals surface area (Å²) in [6.07, 6.45) is 0. The first-order valence-electron chi connectivity index (χ1n) is 5.33. The van der Waals surface area contributed by atoms with Gasteiger partial charge in [-0.1, -0.05) is 11.2 Å². The summed E-state index contributed by atoms with van der Waals surface area (Å²) in [6, 6.07) is 5.88. The maximum absolute atomic E-state index is 5.82. The van der Waals surface area contributed by atoms with Crippen molar-refractivity contribution >= 4 is 22.5 Å². The number of anilines is 2. The summed E-state index contributed by atoms with van der Waals surface area (Å²) < 4.78 is 10.5. The first-order chi connectivity index (χ1) is 7.86. The Labute approximate surface area is 92.7 Å². The zero-order valence-electron chi connectivity index (χ0n) is 8.85. The molecule has 0 spiro atoms. The Bertz CT molecular complexity index is 503. The van der Waals surface area contributed by atoms with Gasteiger partial charge in [0, 0.05) is 13.1 Å². The van der Waals surface area contributed by atoms with Crippen LogP contribution in [0.1, 0.15) is 0 Å². The third-order valence-corrected chi connectivity index (χ3v) is 2.85. The topological polar surface area (TPSA) is 64.5 Å². The van der Waals surface area contributed by atoms with Crippen LogP contribution in [0.15, 0.2) is 22.7 Å². The first kappa shape index (κ1) is 9.47. The van der Waals surface area contributed by atoms with E-state index in [-0.39, 0.29) is 0 Å². The molecule has 1 aromatic heterocycles. The number of benzene rings is 1. The van der Waals surface area contributed by atoms with Crippen LogP contribution in [-0.2, 0) is 4.74 Å². The lowest BCUT2D eigenvalue weighted by molar-refractivity contribution is 0.123. The fourth-order valence-corrected chi connectivity index (χ4v) is 2.06. The second-order valence-electron chi connectivity index (χ2n) is 3.82. The van der Waals surface area contributed by atoms with Gasteiger partial charge in [-0.2, -0.15) is 0 Å². The largest absolute Gasteiger partial charge is 0.380 e. The van der Waals surface area contributed by atoms with E-state index >= 15 is 0 Å². The quantitative estimate of drug-likeness (QED) is 0.781. The SMILES string of the molecule is Nc1noc2cccc(N3CCOCC3)c12. The van der Waals surface area contributed by atoms with E-state index in [1.54, 1.807) is 0 Å². The average Bonchev–Trinajstić information content (AvgIpc) is 2.73. The van der Waals surface area contributed by atoms with Gasteiger partial charge >= 0.3 is 0 Å². The molecule has 0 bridgehead atoms. The Morgan fingerprint density at radius 1 is 1.25 bits per heavy atom. The van der Waals surface area contributed by atoms with Crippen molar-refractivity contribution in [1.29, 1.82) is 0 Å². The molecule has 0 saturated carbocycles. The maximum atomic E-state index is 5.82. The minimum Gasteiger partial charge on any atom is -0.380 e. The molecule has 0 atom stereocenters. The van der Waals surface area contributed by atoms with Crippen molar-refractivity contribution in [3.8, 4) is 0 Å². The molecule has 0 radical (unpaired) electrons. The Balaban J connectivity index is 2.10. The number of rotatable bonds is 1. The second-order valence-corrected chi connectivity index (χ2v) is 3.82. The van der Waals surface area contributed by atoms with Crippen molar-refractivity contribution in [2.75, 3.05) is 36.9 Å². The smallest absolute Gasteiger partial charge is 0.176 e. The van der Waals surface area contributed by atoms with Gasteiger partial charge in [0.25, 0.3) is 0 Å². The molecule has 16 heavy (non-hydrogen) atoms. The predicted octanol–water partition coefficient (Wildman–Crippen LogP) is 1.25. The van der Waals surface area contributed by atoms with Crippen molar-refractivity contribution in [3.63, 3.8) is 0 Å². The lowest BCUT2D eigenvalue weighted by Crippen LogP contribution is -2.36. The van der Waals surface area contributed by atoms with E-state index in [0.717, 1.165) is 43.0 Å². The van der Waals surface area contributed by atoms with Crippen molar-refractivity contribution in [1.82, 2.24) is 5.16 Å². The molecule has 1 aromatic carbocycles. The highest BCUT2D eigenvalue weighted by molar-refractivity contribution is 5.98. The monoisotopic (exact) mass is 219 g/mol. The number of nitrogens with two attached hydrogens (primary N) is 1. The highest BCUT2D eigenvalue weighted by Gasteiger charge is 2.17. The predicted molar refractivity (Wildman–Crippen MR) is 61.5 cm³/mol. The summed E-state index contributed by atoms with van der Waals surface area (Å²) in [5.74, 6) is 0.456. The maximum Gasteiger partial charge on any atom is 0.176 e. The normalized spacial score (nSPS) is 16.9. The van der Waals surface area contributed by atoms with Crippen LogP contribution in [0, 0.1) is 0 Å². The van der Waals surface area contributed by atoms with E-state index in [2.05, 4.69) is 10.1 Å². The number of nitrogens with zero attached hydrogens (tertiary/aromatic N) is 2. The molecule has 3 rings (SSSR count). The van der Waals surface area contributed by atoms with Gasteiger partial charge in [-0.15, -0.1) is 0 Å². The summed E-state index contributed by atoms with van der Waals surface area (Å²) in [5, 5.41) is 4.70. The number of morpholine rings is 1. The van der Waals surface area contributed by atoms with Crippen LogP contribution in [0.4, 0.5) is 11.5 Å². The zero-order valence-corrected chi connectivity index (χ0v) is 8.85. The van der Waals surface area contributed by atoms with Gasteiger partial charge in [0.15, 0.2) is 11.4 Å². The molecule has 1 aliphatic rings. The number of aromatic nitrogens is 1. The van der Waals surface area contributed by atoms with Gasteiger partial charge in [-0.3, -0.25) is 0 Å². The average molecular weight is 219 g/mol. The number of nitrogen functional groups attached to an aromatic ring is 1. The Kier molecular flexibility index (Phi) is 2.18. The molecule has 84 valence electrons. The molecule has 2 N–H and O–H groups in total. The molecule has 0 aliphatic carbocycles. The Hall–Kier alpha value is -1.75. The molecule has 2 aromatic rings. The second kappa shape index (κ2) is 3.68. The van der Waals surface area contributed by atoms with E-state index in [4.69, 9.17) is 15.0 Å². The van der Waals surface area contributed by atoms with Crippen molar-refractivity contribution in [2.45, 2.75) is 0 Å². The molecule has 2 heterocycles. The van der Waals surface area contributed by atoms with Gasteiger partial charge in [0.2, 0.25) is 0 Å². The number of ether oxygens (including phenoxy) is 1. The Morgan fingerprint density at radius 2 is 2.06 bits per heavy atom. The fourth-order valence-electron chi connectivity index (χ4n) is 2.06. The van der Waals surface area contributed by atoms with Gasteiger partial charge < -0.3 is 19.9 Å². The van der Waals surface area contributed by atoms with Crippen LogP contribution in [0.25, 0.3) is 11.0 Å². The highest BCUT2D eigenvalue weighted by Crippen LogP contribution is 2.31. The van der Waals surface area contributed by atoms with E-state index in [9.17, 15) is 0 Å². The first-order valence-corrected chi connectivity index (χ1v) is 5.33. The van der Waals surface area contributed by atoms with Crippen LogP contribution in [0.2, 0.25) is 0 Å². The van der Waals surface area contributed by atoms with Crippen molar-refractivity contribution in [2.24, 2.45) is 0 Å². The van der Waals surface area contributed by atoms with Crippen LogP contribution < -0.4 is 10.6 Å². The summed E-state index contributed by atoms with van der Waals surface area (Å²) in [4.78, 5) is 2.25. The number of fused-ring (bicyclic) bond motifs is 1. The third kappa shape index (κ3) is 1.40. The highest BCUT2D eigenvalue weighted by atomic mass is 16.5. The number of hydrogen-bond donors (Lipinski definition) is 1. The van der Waals surface area contributed by atoms with Gasteiger partial charge in [0.05, 0.1) is 24.3 Å². The molecular formula is C11H13N3O2. The van der Waals surface area contributed by atoms with Crippen molar-refractivity contribution in [3.05, 3.63) is 18.2 Å². The molecule has 0 amide bonds. The zero-order chi connectivity index (χ0) is 11.0.